The molecule has 0 amide bonds. The molecule has 4 nitrogen and oxygen atoms in total. The van der Waals surface area contributed by atoms with Gasteiger partial charge in [-0.1, -0.05) is 12.1 Å². The standard InChI is InChI=1S/C15H17FN2O2S/c1-11(17)12-4-3-5-15(10-12)21(19,20)18(2)14-8-6-13(16)7-9-14/h3-11H,17H2,1-2H3. The molecular formula is C15H17FN2O2S. The first-order valence-corrected chi connectivity index (χ1v) is 7.86. The van der Waals surface area contributed by atoms with Crippen molar-refractivity contribution in [2.24, 2.45) is 5.73 Å². The Kier molecular flexibility index (Phi) is 4.29. The lowest BCUT2D eigenvalue weighted by atomic mass is 10.1. The molecule has 1 unspecified atom stereocenters. The zero-order chi connectivity index (χ0) is 15.6. The number of nitrogens with zero attached hydrogens (tertiary/aromatic N) is 1. The molecule has 0 saturated carbocycles. The van der Waals surface area contributed by atoms with Crippen molar-refractivity contribution >= 4 is 15.7 Å². The summed E-state index contributed by atoms with van der Waals surface area (Å²) in [5.74, 6) is -0.413. The van der Waals surface area contributed by atoms with E-state index < -0.39 is 15.8 Å². The van der Waals surface area contributed by atoms with E-state index in [0.717, 1.165) is 9.87 Å². The Bertz CT molecular complexity index is 728. The summed E-state index contributed by atoms with van der Waals surface area (Å²) in [7, 11) is -2.27. The third kappa shape index (κ3) is 3.22. The van der Waals surface area contributed by atoms with Gasteiger partial charge in [0.2, 0.25) is 0 Å². The van der Waals surface area contributed by atoms with Crippen LogP contribution in [0.25, 0.3) is 0 Å². The molecule has 2 rings (SSSR count). The highest BCUT2D eigenvalue weighted by atomic mass is 32.2. The van der Waals surface area contributed by atoms with Gasteiger partial charge in [-0.25, -0.2) is 12.8 Å². The van der Waals surface area contributed by atoms with Crippen molar-refractivity contribution in [1.82, 2.24) is 0 Å². The number of halogens is 1. The molecule has 0 bridgehead atoms. The van der Waals surface area contributed by atoms with Gasteiger partial charge in [-0.15, -0.1) is 0 Å². The van der Waals surface area contributed by atoms with Gasteiger partial charge >= 0.3 is 0 Å². The van der Waals surface area contributed by atoms with Crippen LogP contribution in [-0.4, -0.2) is 15.5 Å². The number of rotatable bonds is 4. The Morgan fingerprint density at radius 2 is 1.76 bits per heavy atom. The minimum atomic E-state index is -3.71. The lowest BCUT2D eigenvalue weighted by Gasteiger charge is -2.20. The number of hydrogen-bond donors (Lipinski definition) is 1. The predicted octanol–water partition coefficient (Wildman–Crippen LogP) is 2.67. The summed E-state index contributed by atoms with van der Waals surface area (Å²) in [5.41, 5.74) is 6.91. The average molecular weight is 308 g/mol. The van der Waals surface area contributed by atoms with Crippen LogP contribution in [0, 0.1) is 5.82 Å². The van der Waals surface area contributed by atoms with Gasteiger partial charge in [0.1, 0.15) is 5.82 Å². The maximum atomic E-state index is 12.9. The average Bonchev–Trinajstić information content (AvgIpc) is 2.47. The van der Waals surface area contributed by atoms with E-state index in [-0.39, 0.29) is 10.9 Å². The van der Waals surface area contributed by atoms with E-state index in [4.69, 9.17) is 5.73 Å². The van der Waals surface area contributed by atoms with Crippen molar-refractivity contribution in [2.75, 3.05) is 11.4 Å². The first-order valence-electron chi connectivity index (χ1n) is 6.42. The van der Waals surface area contributed by atoms with Crippen LogP contribution in [0.15, 0.2) is 53.4 Å². The van der Waals surface area contributed by atoms with E-state index in [2.05, 4.69) is 0 Å². The second kappa shape index (κ2) is 5.83. The van der Waals surface area contributed by atoms with E-state index in [9.17, 15) is 12.8 Å². The molecule has 2 N–H and O–H groups in total. The molecule has 0 heterocycles. The summed E-state index contributed by atoms with van der Waals surface area (Å²) >= 11 is 0. The fraction of sp³-hybridized carbons (Fsp3) is 0.200. The van der Waals surface area contributed by atoms with Crippen LogP contribution in [0.2, 0.25) is 0 Å². The van der Waals surface area contributed by atoms with Gasteiger partial charge in [0.15, 0.2) is 0 Å². The van der Waals surface area contributed by atoms with Gasteiger partial charge in [0.25, 0.3) is 10.0 Å². The maximum Gasteiger partial charge on any atom is 0.264 e. The maximum absolute atomic E-state index is 12.9. The summed E-state index contributed by atoms with van der Waals surface area (Å²) < 4.78 is 39.2. The monoisotopic (exact) mass is 308 g/mol. The van der Waals surface area contributed by atoms with E-state index >= 15 is 0 Å². The van der Waals surface area contributed by atoms with E-state index in [1.807, 2.05) is 0 Å². The topological polar surface area (TPSA) is 63.4 Å². The third-order valence-corrected chi connectivity index (χ3v) is 5.01. The number of nitrogens with two attached hydrogens (primary N) is 1. The second-order valence-corrected chi connectivity index (χ2v) is 6.78. The van der Waals surface area contributed by atoms with Crippen LogP contribution in [0.1, 0.15) is 18.5 Å². The van der Waals surface area contributed by atoms with Crippen LogP contribution in [0.4, 0.5) is 10.1 Å². The van der Waals surface area contributed by atoms with Crippen LogP contribution >= 0.6 is 0 Å². The normalized spacial score (nSPS) is 13.0. The molecule has 0 fully saturated rings. The minimum Gasteiger partial charge on any atom is -0.324 e. The minimum absolute atomic E-state index is 0.157. The largest absolute Gasteiger partial charge is 0.324 e. The summed E-state index contributed by atoms with van der Waals surface area (Å²) in [6.45, 7) is 1.79. The molecular weight excluding hydrogens is 291 g/mol. The van der Waals surface area contributed by atoms with E-state index in [1.54, 1.807) is 25.1 Å². The highest BCUT2D eigenvalue weighted by Gasteiger charge is 2.21. The van der Waals surface area contributed by atoms with Crippen LogP contribution in [-0.2, 0) is 10.0 Å². The Balaban J connectivity index is 2.41. The zero-order valence-electron chi connectivity index (χ0n) is 11.8. The lowest BCUT2D eigenvalue weighted by molar-refractivity contribution is 0.593. The fourth-order valence-electron chi connectivity index (χ4n) is 1.91. The molecule has 6 heteroatoms. The SMILES string of the molecule is CC(N)c1cccc(S(=O)(=O)N(C)c2ccc(F)cc2)c1. The van der Waals surface area contributed by atoms with Crippen molar-refractivity contribution in [1.29, 1.82) is 0 Å². The first-order chi connectivity index (χ1) is 9.82. The van der Waals surface area contributed by atoms with Gasteiger partial charge in [0.05, 0.1) is 10.6 Å². The highest BCUT2D eigenvalue weighted by Crippen LogP contribution is 2.23. The highest BCUT2D eigenvalue weighted by molar-refractivity contribution is 7.92. The number of anilines is 1. The Labute approximate surface area is 124 Å². The summed E-state index contributed by atoms with van der Waals surface area (Å²) in [6, 6.07) is 11.5. The first kappa shape index (κ1) is 15.5. The molecule has 2 aromatic rings. The molecule has 0 aliphatic rings. The molecule has 21 heavy (non-hydrogen) atoms. The molecule has 112 valence electrons. The van der Waals surface area contributed by atoms with E-state index in [0.29, 0.717) is 5.69 Å². The van der Waals surface area contributed by atoms with Crippen molar-refractivity contribution in [3.63, 3.8) is 0 Å². The molecule has 0 aliphatic carbocycles. The number of hydrogen-bond acceptors (Lipinski definition) is 3. The summed E-state index contributed by atoms with van der Waals surface area (Å²) in [4.78, 5) is 0.157. The molecule has 0 saturated heterocycles. The van der Waals surface area contributed by atoms with Gasteiger partial charge < -0.3 is 5.73 Å². The van der Waals surface area contributed by atoms with Crippen molar-refractivity contribution in [3.05, 3.63) is 59.9 Å². The van der Waals surface area contributed by atoms with Crippen molar-refractivity contribution in [3.8, 4) is 0 Å². The lowest BCUT2D eigenvalue weighted by Crippen LogP contribution is -2.26. The fourth-order valence-corrected chi connectivity index (χ4v) is 3.16. The molecule has 2 aromatic carbocycles. The van der Waals surface area contributed by atoms with Crippen LogP contribution in [0.3, 0.4) is 0 Å². The Morgan fingerprint density at radius 1 is 1.14 bits per heavy atom. The third-order valence-electron chi connectivity index (χ3n) is 3.23. The summed E-state index contributed by atoms with van der Waals surface area (Å²) in [6.07, 6.45) is 0. The van der Waals surface area contributed by atoms with Crippen LogP contribution < -0.4 is 10.0 Å². The predicted molar refractivity (Wildman–Crippen MR) is 81.0 cm³/mol. The van der Waals surface area contributed by atoms with Crippen molar-refractivity contribution in [2.45, 2.75) is 17.9 Å². The Hall–Kier alpha value is -1.92. The summed E-state index contributed by atoms with van der Waals surface area (Å²) in [5, 5.41) is 0. The number of sulfonamides is 1. The van der Waals surface area contributed by atoms with Gasteiger partial charge in [-0.2, -0.15) is 0 Å². The van der Waals surface area contributed by atoms with E-state index in [1.165, 1.54) is 37.4 Å². The Morgan fingerprint density at radius 3 is 2.33 bits per heavy atom. The quantitative estimate of drug-likeness (QED) is 0.944. The van der Waals surface area contributed by atoms with Gasteiger partial charge in [0, 0.05) is 13.1 Å². The van der Waals surface area contributed by atoms with Crippen molar-refractivity contribution < 1.29 is 12.8 Å². The van der Waals surface area contributed by atoms with Gasteiger partial charge in [-0.3, -0.25) is 4.31 Å². The van der Waals surface area contributed by atoms with Crippen LogP contribution in [0.5, 0.6) is 0 Å². The molecule has 0 spiro atoms. The second-order valence-electron chi connectivity index (χ2n) is 4.81. The zero-order valence-corrected chi connectivity index (χ0v) is 12.6. The molecule has 0 aromatic heterocycles. The smallest absolute Gasteiger partial charge is 0.264 e. The molecule has 0 radical (unpaired) electrons. The molecule has 0 aliphatic heterocycles. The van der Waals surface area contributed by atoms with Gasteiger partial charge in [-0.05, 0) is 48.9 Å². The molecule has 1 atom stereocenters. The number of benzene rings is 2.